The van der Waals surface area contributed by atoms with Crippen LogP contribution in [0.5, 0.6) is 0 Å². The van der Waals surface area contributed by atoms with Crippen molar-refractivity contribution in [2.45, 2.75) is 25.0 Å². The zero-order chi connectivity index (χ0) is 15.0. The molecule has 0 spiro atoms. The molecule has 0 radical (unpaired) electrons. The first-order valence-electron chi connectivity index (χ1n) is 7.28. The van der Waals surface area contributed by atoms with E-state index in [1.807, 2.05) is 28.8 Å². The largest absolute Gasteiger partial charge is 0.381 e. The summed E-state index contributed by atoms with van der Waals surface area (Å²) in [5, 5.41) is 14.5. The molecular formula is C15H16N4O3. The first-order valence-corrected chi connectivity index (χ1v) is 7.28. The number of hydrogen-bond donors (Lipinski definition) is 1. The maximum absolute atomic E-state index is 10.6. The van der Waals surface area contributed by atoms with Crippen molar-refractivity contribution in [3.05, 3.63) is 42.3 Å². The van der Waals surface area contributed by atoms with E-state index in [4.69, 9.17) is 9.26 Å². The number of imidazole rings is 1. The van der Waals surface area contributed by atoms with Crippen LogP contribution in [-0.2, 0) is 16.9 Å². The quantitative estimate of drug-likeness (QED) is 0.788. The van der Waals surface area contributed by atoms with E-state index in [1.54, 1.807) is 6.33 Å². The fraction of sp³-hybridized carbons (Fsp3) is 0.400. The topological polar surface area (TPSA) is 86.2 Å². The number of benzene rings is 1. The van der Waals surface area contributed by atoms with Gasteiger partial charge in [-0.05, 0) is 12.1 Å². The van der Waals surface area contributed by atoms with Gasteiger partial charge >= 0.3 is 0 Å². The van der Waals surface area contributed by atoms with Gasteiger partial charge in [0.2, 0.25) is 0 Å². The molecule has 3 heterocycles. The van der Waals surface area contributed by atoms with Gasteiger partial charge in [0.05, 0.1) is 23.9 Å². The molecule has 22 heavy (non-hydrogen) atoms. The molecule has 2 aromatic heterocycles. The van der Waals surface area contributed by atoms with Crippen molar-refractivity contribution in [2.75, 3.05) is 13.2 Å². The van der Waals surface area contributed by atoms with Crippen molar-refractivity contribution in [1.82, 2.24) is 19.7 Å². The van der Waals surface area contributed by atoms with Gasteiger partial charge in [-0.15, -0.1) is 0 Å². The summed E-state index contributed by atoms with van der Waals surface area (Å²) < 4.78 is 12.5. The van der Waals surface area contributed by atoms with Gasteiger partial charge in [-0.2, -0.15) is 4.98 Å². The lowest BCUT2D eigenvalue weighted by Crippen LogP contribution is -2.33. The van der Waals surface area contributed by atoms with Crippen molar-refractivity contribution < 1.29 is 14.4 Å². The highest BCUT2D eigenvalue weighted by molar-refractivity contribution is 5.74. The number of fused-ring (bicyclic) bond motifs is 1. The molecule has 0 aliphatic carbocycles. The maximum Gasteiger partial charge on any atom is 0.258 e. The lowest BCUT2D eigenvalue weighted by molar-refractivity contribution is -0.0856. The molecule has 0 unspecified atom stereocenters. The van der Waals surface area contributed by atoms with Crippen LogP contribution in [0.4, 0.5) is 0 Å². The second kappa shape index (κ2) is 5.19. The Labute approximate surface area is 126 Å². The van der Waals surface area contributed by atoms with Gasteiger partial charge in [0.25, 0.3) is 5.89 Å². The average Bonchev–Trinajstić information content (AvgIpc) is 3.17. The molecule has 3 aromatic rings. The van der Waals surface area contributed by atoms with Crippen LogP contribution < -0.4 is 0 Å². The highest BCUT2D eigenvalue weighted by Crippen LogP contribution is 2.30. The van der Waals surface area contributed by atoms with E-state index in [0.717, 1.165) is 11.0 Å². The predicted octanol–water partition coefficient (Wildman–Crippen LogP) is 1.47. The predicted molar refractivity (Wildman–Crippen MR) is 77.1 cm³/mol. The number of para-hydroxylation sites is 2. The molecule has 4 rings (SSSR count). The van der Waals surface area contributed by atoms with Crippen LogP contribution in [0, 0.1) is 0 Å². The van der Waals surface area contributed by atoms with Gasteiger partial charge in [-0.1, -0.05) is 17.3 Å². The molecule has 0 saturated carbocycles. The Morgan fingerprint density at radius 1 is 1.23 bits per heavy atom. The number of aromatic nitrogens is 4. The van der Waals surface area contributed by atoms with Crippen LogP contribution in [-0.4, -0.2) is 38.0 Å². The lowest BCUT2D eigenvalue weighted by atomic mass is 9.94. The molecular weight excluding hydrogens is 284 g/mol. The van der Waals surface area contributed by atoms with Crippen molar-refractivity contribution in [3.63, 3.8) is 0 Å². The number of aliphatic hydroxyl groups is 1. The van der Waals surface area contributed by atoms with Crippen LogP contribution in [0.1, 0.15) is 24.6 Å². The van der Waals surface area contributed by atoms with Gasteiger partial charge < -0.3 is 18.9 Å². The summed E-state index contributed by atoms with van der Waals surface area (Å²) in [7, 11) is 0. The summed E-state index contributed by atoms with van der Waals surface area (Å²) in [6, 6.07) is 7.87. The van der Waals surface area contributed by atoms with Gasteiger partial charge in [0.15, 0.2) is 5.82 Å². The fourth-order valence-electron chi connectivity index (χ4n) is 2.72. The minimum absolute atomic E-state index is 0.273. The molecule has 114 valence electrons. The van der Waals surface area contributed by atoms with Crippen LogP contribution >= 0.6 is 0 Å². The second-order valence-electron chi connectivity index (χ2n) is 5.52. The molecule has 1 aromatic carbocycles. The van der Waals surface area contributed by atoms with E-state index in [9.17, 15) is 5.11 Å². The zero-order valence-corrected chi connectivity index (χ0v) is 12.0. The van der Waals surface area contributed by atoms with E-state index in [0.29, 0.717) is 38.4 Å². The Bertz CT molecular complexity index is 789. The van der Waals surface area contributed by atoms with Crippen LogP contribution in [0.15, 0.2) is 35.1 Å². The van der Waals surface area contributed by atoms with E-state index in [-0.39, 0.29) is 5.89 Å². The van der Waals surface area contributed by atoms with Gasteiger partial charge in [0, 0.05) is 26.1 Å². The minimum atomic E-state index is -1.07. The monoisotopic (exact) mass is 300 g/mol. The van der Waals surface area contributed by atoms with Crippen LogP contribution in [0.25, 0.3) is 11.0 Å². The minimum Gasteiger partial charge on any atom is -0.381 e. The highest BCUT2D eigenvalue weighted by atomic mass is 16.5. The Morgan fingerprint density at radius 3 is 2.91 bits per heavy atom. The van der Waals surface area contributed by atoms with Crippen molar-refractivity contribution in [3.8, 4) is 0 Å². The highest BCUT2D eigenvalue weighted by Gasteiger charge is 2.37. The smallest absolute Gasteiger partial charge is 0.258 e. The Hall–Kier alpha value is -2.25. The number of rotatable bonds is 3. The van der Waals surface area contributed by atoms with E-state index in [1.165, 1.54) is 0 Å². The van der Waals surface area contributed by atoms with Crippen molar-refractivity contribution in [1.29, 1.82) is 0 Å². The number of nitrogens with zero attached hydrogens (tertiary/aromatic N) is 4. The average molecular weight is 300 g/mol. The van der Waals surface area contributed by atoms with E-state index >= 15 is 0 Å². The van der Waals surface area contributed by atoms with Gasteiger partial charge in [0.1, 0.15) is 5.60 Å². The summed E-state index contributed by atoms with van der Waals surface area (Å²) >= 11 is 0. The van der Waals surface area contributed by atoms with Crippen LogP contribution in [0.3, 0.4) is 0 Å². The molecule has 1 fully saturated rings. The molecule has 0 atom stereocenters. The Morgan fingerprint density at radius 2 is 2.05 bits per heavy atom. The molecule has 1 saturated heterocycles. The van der Waals surface area contributed by atoms with E-state index < -0.39 is 5.60 Å². The third-order valence-corrected chi connectivity index (χ3v) is 4.03. The van der Waals surface area contributed by atoms with Crippen molar-refractivity contribution >= 4 is 11.0 Å². The summed E-state index contributed by atoms with van der Waals surface area (Å²) in [5.41, 5.74) is 0.869. The number of ether oxygens (including phenoxy) is 1. The third-order valence-electron chi connectivity index (χ3n) is 4.03. The van der Waals surface area contributed by atoms with Crippen molar-refractivity contribution in [2.24, 2.45) is 0 Å². The van der Waals surface area contributed by atoms with Gasteiger partial charge in [-0.3, -0.25) is 0 Å². The molecule has 7 nitrogen and oxygen atoms in total. The summed E-state index contributed by atoms with van der Waals surface area (Å²) in [4.78, 5) is 8.69. The Balaban J connectivity index is 1.59. The molecule has 7 heteroatoms. The normalized spacial score (nSPS) is 17.9. The zero-order valence-electron chi connectivity index (χ0n) is 12.0. The summed E-state index contributed by atoms with van der Waals surface area (Å²) in [6.07, 6.45) is 2.70. The maximum atomic E-state index is 10.6. The first kappa shape index (κ1) is 13.4. The van der Waals surface area contributed by atoms with Gasteiger partial charge in [-0.25, -0.2) is 4.98 Å². The second-order valence-corrected chi connectivity index (χ2v) is 5.52. The Kier molecular flexibility index (Phi) is 3.16. The summed E-state index contributed by atoms with van der Waals surface area (Å²) in [5.74, 6) is 0.799. The molecule has 1 aliphatic rings. The van der Waals surface area contributed by atoms with E-state index in [2.05, 4.69) is 15.1 Å². The lowest BCUT2D eigenvalue weighted by Gasteiger charge is -2.27. The fourth-order valence-corrected chi connectivity index (χ4v) is 2.72. The molecule has 1 N–H and O–H groups in total. The third kappa shape index (κ3) is 2.28. The number of hydrogen-bond acceptors (Lipinski definition) is 6. The summed E-state index contributed by atoms with van der Waals surface area (Å²) in [6.45, 7) is 1.46. The molecule has 0 amide bonds. The standard InChI is InChI=1S/C15H16N4O3/c20-15(5-7-21-8-6-15)14-17-13(18-22-14)9-19-10-16-11-3-1-2-4-12(11)19/h1-4,10,20H,5-9H2. The SMILES string of the molecule is OC1(c2nc(Cn3cnc4ccccc43)no2)CCOCC1. The molecule has 0 bridgehead atoms. The first-order chi connectivity index (χ1) is 10.7. The van der Waals surface area contributed by atoms with Crippen LogP contribution in [0.2, 0.25) is 0 Å². The molecule has 1 aliphatic heterocycles.